The number of hydrogen-bond acceptors (Lipinski definition) is 10. The van der Waals surface area contributed by atoms with E-state index in [1.165, 1.54) is 17.6 Å². The Morgan fingerprint density at radius 1 is 1.25 bits per heavy atom. The molecular weight excluding hydrogens is 336 g/mol. The average Bonchev–Trinajstić information content (AvgIpc) is 3.05. The zero-order valence-corrected chi connectivity index (χ0v) is 14.5. The summed E-state index contributed by atoms with van der Waals surface area (Å²) >= 11 is 1.28. The molecule has 2 rings (SSSR count). The number of ether oxygens (including phenoxy) is 3. The molecule has 24 heavy (non-hydrogen) atoms. The molecule has 1 saturated heterocycles. The van der Waals surface area contributed by atoms with Gasteiger partial charge in [0.05, 0.1) is 26.4 Å². The predicted octanol–water partition coefficient (Wildman–Crippen LogP) is 0.819. The molecule has 10 heteroatoms. The maximum Gasteiger partial charge on any atom is 0.325 e. The lowest BCUT2D eigenvalue weighted by atomic mass is 10.2. The van der Waals surface area contributed by atoms with Crippen LogP contribution in [0.2, 0.25) is 0 Å². The van der Waals surface area contributed by atoms with Crippen molar-refractivity contribution in [2.75, 3.05) is 44.4 Å². The third-order valence-electron chi connectivity index (χ3n) is 3.10. The molecule has 0 amide bonds. The topological polar surface area (TPSA) is 103 Å². The lowest BCUT2D eigenvalue weighted by molar-refractivity contribution is -0.157. The van der Waals surface area contributed by atoms with Crippen LogP contribution < -0.4 is 4.90 Å². The molecule has 0 atom stereocenters. The molecule has 0 unspecified atom stereocenters. The number of carbonyl (C=O) groups excluding carboxylic acids is 2. The van der Waals surface area contributed by atoms with Gasteiger partial charge in [0.1, 0.15) is 0 Å². The molecule has 0 bridgehead atoms. The molecule has 0 saturated carbocycles. The first-order valence-corrected chi connectivity index (χ1v) is 8.51. The van der Waals surface area contributed by atoms with Gasteiger partial charge in [0, 0.05) is 19.3 Å². The van der Waals surface area contributed by atoms with E-state index in [2.05, 4.69) is 15.2 Å². The smallest absolute Gasteiger partial charge is 0.325 e. The van der Waals surface area contributed by atoms with Gasteiger partial charge >= 0.3 is 11.9 Å². The van der Waals surface area contributed by atoms with E-state index in [1.54, 1.807) is 13.8 Å². The first kappa shape index (κ1) is 18.3. The number of nitrogens with zero attached hydrogens (tertiary/aromatic N) is 4. The molecule has 0 radical (unpaired) electrons. The highest BCUT2D eigenvalue weighted by molar-refractivity contribution is 7.18. The second-order valence-corrected chi connectivity index (χ2v) is 5.66. The van der Waals surface area contributed by atoms with Gasteiger partial charge in [-0.15, -0.1) is 10.2 Å². The molecule has 0 aromatic carbocycles. The Morgan fingerprint density at radius 2 is 1.88 bits per heavy atom. The minimum Gasteiger partial charge on any atom is -0.465 e. The molecule has 1 aromatic heterocycles. The van der Waals surface area contributed by atoms with Crippen molar-refractivity contribution in [1.29, 1.82) is 0 Å². The van der Waals surface area contributed by atoms with E-state index >= 15 is 0 Å². The van der Waals surface area contributed by atoms with Gasteiger partial charge in [-0.25, -0.2) is 4.99 Å². The predicted molar refractivity (Wildman–Crippen MR) is 87.8 cm³/mol. The second-order valence-electron chi connectivity index (χ2n) is 4.73. The number of anilines is 1. The molecular formula is C14H20N4O5S. The van der Waals surface area contributed by atoms with E-state index in [0.29, 0.717) is 18.3 Å². The first-order chi connectivity index (χ1) is 11.7. The number of hydrogen-bond donors (Lipinski definition) is 0. The van der Waals surface area contributed by atoms with Crippen molar-refractivity contribution >= 4 is 39.8 Å². The molecule has 1 aromatic rings. The fraction of sp³-hybridized carbons (Fsp3) is 0.643. The zero-order valence-electron chi connectivity index (χ0n) is 13.6. The van der Waals surface area contributed by atoms with Gasteiger partial charge in [-0.05, 0) is 13.8 Å². The Kier molecular flexibility index (Phi) is 7.07. The van der Waals surface area contributed by atoms with Crippen LogP contribution in [0.25, 0.3) is 0 Å². The van der Waals surface area contributed by atoms with Crippen LogP contribution in [0, 0.1) is 5.92 Å². The van der Waals surface area contributed by atoms with E-state index in [9.17, 15) is 9.59 Å². The molecule has 9 nitrogen and oxygen atoms in total. The van der Waals surface area contributed by atoms with E-state index in [4.69, 9.17) is 14.2 Å². The highest BCUT2D eigenvalue weighted by Gasteiger charge is 2.28. The van der Waals surface area contributed by atoms with E-state index < -0.39 is 17.9 Å². The Balaban J connectivity index is 2.06. The summed E-state index contributed by atoms with van der Waals surface area (Å²) < 4.78 is 15.0. The van der Waals surface area contributed by atoms with Crippen LogP contribution in [-0.2, 0) is 23.8 Å². The fourth-order valence-corrected chi connectivity index (χ4v) is 2.71. The summed E-state index contributed by atoms with van der Waals surface area (Å²) in [4.78, 5) is 29.9. The molecule has 1 fully saturated rings. The van der Waals surface area contributed by atoms with Crippen LogP contribution in [0.15, 0.2) is 4.99 Å². The van der Waals surface area contributed by atoms with Gasteiger partial charge < -0.3 is 19.1 Å². The van der Waals surface area contributed by atoms with Gasteiger partial charge in [-0.2, -0.15) is 0 Å². The molecule has 0 N–H and O–H groups in total. The van der Waals surface area contributed by atoms with Crippen molar-refractivity contribution in [3.8, 4) is 0 Å². The SMILES string of the molecule is CCOC(=O)C(C=Nc1nnc(N2CCOCC2)s1)C(=O)OCC. The van der Waals surface area contributed by atoms with Crippen molar-refractivity contribution in [3.63, 3.8) is 0 Å². The van der Waals surface area contributed by atoms with Crippen LogP contribution in [0.1, 0.15) is 13.8 Å². The average molecular weight is 356 g/mol. The van der Waals surface area contributed by atoms with Crippen LogP contribution in [0.4, 0.5) is 10.3 Å². The minimum absolute atomic E-state index is 0.169. The molecule has 0 aliphatic carbocycles. The lowest BCUT2D eigenvalue weighted by Gasteiger charge is -2.25. The number of aromatic nitrogens is 2. The summed E-state index contributed by atoms with van der Waals surface area (Å²) in [7, 11) is 0. The molecule has 132 valence electrons. The van der Waals surface area contributed by atoms with Gasteiger partial charge in [0.25, 0.3) is 0 Å². The van der Waals surface area contributed by atoms with Gasteiger partial charge in [0.15, 0.2) is 5.92 Å². The second kappa shape index (κ2) is 9.28. The molecule has 1 aliphatic heterocycles. The van der Waals surface area contributed by atoms with Crippen molar-refractivity contribution in [3.05, 3.63) is 0 Å². The highest BCUT2D eigenvalue weighted by atomic mass is 32.1. The van der Waals surface area contributed by atoms with Gasteiger partial charge in [0.2, 0.25) is 10.3 Å². The summed E-state index contributed by atoms with van der Waals surface area (Å²) in [6, 6.07) is 0. The third kappa shape index (κ3) is 4.96. The summed E-state index contributed by atoms with van der Waals surface area (Å²) in [5.41, 5.74) is 0. The molecule has 0 spiro atoms. The minimum atomic E-state index is -1.21. The van der Waals surface area contributed by atoms with Crippen molar-refractivity contribution in [2.24, 2.45) is 10.9 Å². The third-order valence-corrected chi connectivity index (χ3v) is 3.99. The van der Waals surface area contributed by atoms with E-state index in [1.807, 2.05) is 4.90 Å². The normalized spacial score (nSPS) is 15.0. The molecule has 1 aliphatic rings. The Morgan fingerprint density at radius 3 is 2.46 bits per heavy atom. The maximum absolute atomic E-state index is 11.9. The zero-order chi connectivity index (χ0) is 17.4. The summed E-state index contributed by atoms with van der Waals surface area (Å²) in [5, 5.41) is 9.12. The van der Waals surface area contributed by atoms with Crippen molar-refractivity contribution in [2.45, 2.75) is 13.8 Å². The van der Waals surface area contributed by atoms with Crippen molar-refractivity contribution in [1.82, 2.24) is 10.2 Å². The maximum atomic E-state index is 11.9. The fourth-order valence-electron chi connectivity index (χ4n) is 1.96. The largest absolute Gasteiger partial charge is 0.465 e. The standard InChI is InChI=1S/C14H20N4O5S/c1-3-22-11(19)10(12(20)23-4-2)9-15-13-16-17-14(24-13)18-5-7-21-8-6-18/h9-10H,3-8H2,1-2H3. The van der Waals surface area contributed by atoms with Crippen LogP contribution in [-0.4, -0.2) is 67.9 Å². The van der Waals surface area contributed by atoms with Crippen LogP contribution >= 0.6 is 11.3 Å². The van der Waals surface area contributed by atoms with Crippen LogP contribution in [0.3, 0.4) is 0 Å². The monoisotopic (exact) mass is 356 g/mol. The number of carbonyl (C=O) groups is 2. The van der Waals surface area contributed by atoms with Gasteiger partial charge in [-0.3, -0.25) is 9.59 Å². The summed E-state index contributed by atoms with van der Waals surface area (Å²) in [6.45, 7) is 6.44. The van der Waals surface area contributed by atoms with Crippen molar-refractivity contribution < 1.29 is 23.8 Å². The van der Waals surface area contributed by atoms with Gasteiger partial charge in [-0.1, -0.05) is 11.3 Å². The number of morpholine rings is 1. The van der Waals surface area contributed by atoms with E-state index in [0.717, 1.165) is 18.2 Å². The van der Waals surface area contributed by atoms with E-state index in [-0.39, 0.29) is 13.2 Å². The lowest BCUT2D eigenvalue weighted by Crippen LogP contribution is -2.36. The number of esters is 2. The number of aliphatic imine (C=N–C) groups is 1. The quantitative estimate of drug-likeness (QED) is 0.402. The molecule has 2 heterocycles. The first-order valence-electron chi connectivity index (χ1n) is 7.69. The number of rotatable bonds is 7. The Labute approximate surface area is 143 Å². The Hall–Kier alpha value is -2.07. The Bertz CT molecular complexity index is 567. The summed E-state index contributed by atoms with van der Waals surface area (Å²) in [6.07, 6.45) is 1.19. The summed E-state index contributed by atoms with van der Waals surface area (Å²) in [5.74, 6) is -2.60. The highest BCUT2D eigenvalue weighted by Crippen LogP contribution is 2.26. The van der Waals surface area contributed by atoms with Crippen LogP contribution in [0.5, 0.6) is 0 Å².